The predicted molar refractivity (Wildman–Crippen MR) is 69.6 cm³/mol. The van der Waals surface area contributed by atoms with Gasteiger partial charge in [0.25, 0.3) is 0 Å². The summed E-state index contributed by atoms with van der Waals surface area (Å²) in [5.41, 5.74) is -0.602. The second-order valence-electron chi connectivity index (χ2n) is 4.40. The number of benzene rings is 1. The summed E-state index contributed by atoms with van der Waals surface area (Å²) in [6, 6.07) is 8.52. The van der Waals surface area contributed by atoms with Gasteiger partial charge in [0.05, 0.1) is 0 Å². The van der Waals surface area contributed by atoms with Crippen LogP contribution in [0.2, 0.25) is 0 Å². The Morgan fingerprint density at radius 3 is 2.28 bits per heavy atom. The molecule has 0 saturated heterocycles. The van der Waals surface area contributed by atoms with Crippen molar-refractivity contribution >= 4 is 17.7 Å². The molecule has 2 amide bonds. The fraction of sp³-hybridized carbons (Fsp3) is 0.385. The number of nitrogens with one attached hydrogen (secondary N) is 1. The minimum absolute atomic E-state index is 0.317. The maximum Gasteiger partial charge on any atom is 0.329 e. The van der Waals surface area contributed by atoms with E-state index in [1.54, 1.807) is 31.2 Å². The van der Waals surface area contributed by atoms with Crippen LogP contribution in [0.5, 0.6) is 0 Å². The number of hydrogen-bond donors (Lipinski definition) is 2. The molecule has 1 aromatic rings. The van der Waals surface area contributed by atoms with Crippen LogP contribution in [0.25, 0.3) is 0 Å². The summed E-state index contributed by atoms with van der Waals surface area (Å²) in [6.07, 6.45) is 0. The molecule has 18 heavy (non-hydrogen) atoms. The van der Waals surface area contributed by atoms with E-state index < -0.39 is 17.5 Å². The molecule has 0 bridgehead atoms. The van der Waals surface area contributed by atoms with Crippen LogP contribution in [0.1, 0.15) is 20.8 Å². The van der Waals surface area contributed by atoms with E-state index in [-0.39, 0.29) is 0 Å². The highest BCUT2D eigenvalue weighted by Crippen LogP contribution is 2.16. The first-order valence-corrected chi connectivity index (χ1v) is 5.76. The molecule has 0 aliphatic carbocycles. The molecule has 0 unspecified atom stereocenters. The van der Waals surface area contributed by atoms with Gasteiger partial charge in [-0.15, -0.1) is 0 Å². The molecular formula is C13H18N2O3. The molecule has 5 heteroatoms. The summed E-state index contributed by atoms with van der Waals surface area (Å²) in [4.78, 5) is 24.5. The molecular weight excluding hydrogens is 232 g/mol. The van der Waals surface area contributed by atoms with E-state index in [9.17, 15) is 9.59 Å². The number of para-hydroxylation sites is 1. The van der Waals surface area contributed by atoms with Crippen molar-refractivity contribution in [2.24, 2.45) is 0 Å². The van der Waals surface area contributed by atoms with E-state index in [4.69, 9.17) is 5.11 Å². The number of aliphatic carboxylic acids is 1. The Morgan fingerprint density at radius 2 is 1.83 bits per heavy atom. The quantitative estimate of drug-likeness (QED) is 0.862. The van der Waals surface area contributed by atoms with Gasteiger partial charge in [0.2, 0.25) is 0 Å². The Morgan fingerprint density at radius 1 is 1.28 bits per heavy atom. The van der Waals surface area contributed by atoms with E-state index in [0.29, 0.717) is 12.2 Å². The third kappa shape index (κ3) is 3.00. The van der Waals surface area contributed by atoms with Gasteiger partial charge in [0.15, 0.2) is 0 Å². The van der Waals surface area contributed by atoms with Crippen LogP contribution in [0.15, 0.2) is 30.3 Å². The SMILES string of the molecule is CCN(C(=O)Nc1ccccc1)C(C)(C)C(=O)O. The average molecular weight is 250 g/mol. The number of carboxylic acid groups (broad SMARTS) is 1. The molecule has 98 valence electrons. The number of carbonyl (C=O) groups excluding carboxylic acids is 1. The number of nitrogens with zero attached hydrogens (tertiary/aromatic N) is 1. The minimum Gasteiger partial charge on any atom is -0.480 e. The first kappa shape index (κ1) is 14.0. The van der Waals surface area contributed by atoms with E-state index in [2.05, 4.69) is 5.32 Å². The lowest BCUT2D eigenvalue weighted by Crippen LogP contribution is -2.54. The van der Waals surface area contributed by atoms with E-state index in [1.165, 1.54) is 18.7 Å². The van der Waals surface area contributed by atoms with Gasteiger partial charge in [-0.2, -0.15) is 0 Å². The van der Waals surface area contributed by atoms with Crippen LogP contribution in [0, 0.1) is 0 Å². The standard InChI is InChI=1S/C13H18N2O3/c1-4-15(13(2,3)11(16)17)12(18)14-10-8-6-5-7-9-10/h5-9H,4H2,1-3H3,(H,14,18)(H,16,17). The number of anilines is 1. The van der Waals surface area contributed by atoms with Crippen molar-refractivity contribution < 1.29 is 14.7 Å². The lowest BCUT2D eigenvalue weighted by Gasteiger charge is -2.34. The number of hydrogen-bond acceptors (Lipinski definition) is 2. The Balaban J connectivity index is 2.84. The van der Waals surface area contributed by atoms with Gasteiger partial charge in [-0.3, -0.25) is 0 Å². The summed E-state index contributed by atoms with van der Waals surface area (Å²) in [6.45, 7) is 5.07. The topological polar surface area (TPSA) is 69.6 Å². The summed E-state index contributed by atoms with van der Waals surface area (Å²) in [5.74, 6) is -1.03. The number of urea groups is 1. The van der Waals surface area contributed by atoms with Gasteiger partial charge < -0.3 is 15.3 Å². The molecule has 0 aromatic heterocycles. The van der Waals surface area contributed by atoms with Crippen molar-refractivity contribution in [3.8, 4) is 0 Å². The Hall–Kier alpha value is -2.04. The number of likely N-dealkylation sites (N-methyl/N-ethyl adjacent to an activating group) is 1. The van der Waals surface area contributed by atoms with Gasteiger partial charge in [-0.25, -0.2) is 9.59 Å². The highest BCUT2D eigenvalue weighted by atomic mass is 16.4. The number of rotatable bonds is 4. The number of carboxylic acids is 1. The summed E-state index contributed by atoms with van der Waals surface area (Å²) in [5, 5.41) is 11.8. The van der Waals surface area contributed by atoms with E-state index in [0.717, 1.165) is 0 Å². The lowest BCUT2D eigenvalue weighted by atomic mass is 10.0. The first-order valence-electron chi connectivity index (χ1n) is 5.76. The smallest absolute Gasteiger partial charge is 0.329 e. The molecule has 0 spiro atoms. The highest BCUT2D eigenvalue weighted by Gasteiger charge is 2.36. The van der Waals surface area contributed by atoms with Crippen molar-refractivity contribution in [2.45, 2.75) is 26.3 Å². The first-order chi connectivity index (χ1) is 8.39. The summed E-state index contributed by atoms with van der Waals surface area (Å²) in [7, 11) is 0. The van der Waals surface area contributed by atoms with Crippen molar-refractivity contribution in [3.63, 3.8) is 0 Å². The van der Waals surface area contributed by atoms with Crippen molar-refractivity contribution in [1.82, 2.24) is 4.90 Å². The molecule has 1 aromatic carbocycles. The van der Waals surface area contributed by atoms with Crippen molar-refractivity contribution in [1.29, 1.82) is 0 Å². The minimum atomic E-state index is -1.24. The monoisotopic (exact) mass is 250 g/mol. The normalized spacial score (nSPS) is 10.8. The van der Waals surface area contributed by atoms with Gasteiger partial charge in [-0.1, -0.05) is 18.2 Å². The Kier molecular flexibility index (Phi) is 4.31. The van der Waals surface area contributed by atoms with Crippen LogP contribution in [-0.4, -0.2) is 34.1 Å². The maximum absolute atomic E-state index is 12.0. The molecule has 0 fully saturated rings. The zero-order chi connectivity index (χ0) is 13.8. The molecule has 0 aliphatic heterocycles. The number of amides is 2. The Bertz CT molecular complexity index is 429. The zero-order valence-electron chi connectivity index (χ0n) is 10.8. The molecule has 5 nitrogen and oxygen atoms in total. The molecule has 0 heterocycles. The molecule has 1 rings (SSSR count). The van der Waals surface area contributed by atoms with Crippen LogP contribution in [0.4, 0.5) is 10.5 Å². The summed E-state index contributed by atoms with van der Waals surface area (Å²) >= 11 is 0. The van der Waals surface area contributed by atoms with Crippen LogP contribution in [-0.2, 0) is 4.79 Å². The van der Waals surface area contributed by atoms with Crippen LogP contribution in [0.3, 0.4) is 0 Å². The highest BCUT2D eigenvalue weighted by molar-refractivity contribution is 5.93. The second kappa shape index (κ2) is 5.53. The molecule has 0 atom stereocenters. The largest absolute Gasteiger partial charge is 0.480 e. The number of carbonyl (C=O) groups is 2. The van der Waals surface area contributed by atoms with E-state index >= 15 is 0 Å². The molecule has 0 saturated carbocycles. The third-order valence-electron chi connectivity index (χ3n) is 2.78. The van der Waals surface area contributed by atoms with Gasteiger partial charge in [-0.05, 0) is 32.9 Å². The zero-order valence-corrected chi connectivity index (χ0v) is 10.8. The van der Waals surface area contributed by atoms with Gasteiger partial charge in [0.1, 0.15) is 5.54 Å². The van der Waals surface area contributed by atoms with Crippen molar-refractivity contribution in [3.05, 3.63) is 30.3 Å². The van der Waals surface area contributed by atoms with Crippen LogP contribution < -0.4 is 5.32 Å². The van der Waals surface area contributed by atoms with Crippen molar-refractivity contribution in [2.75, 3.05) is 11.9 Å². The maximum atomic E-state index is 12.0. The molecule has 2 N–H and O–H groups in total. The van der Waals surface area contributed by atoms with Crippen LogP contribution >= 0.6 is 0 Å². The fourth-order valence-corrected chi connectivity index (χ4v) is 1.62. The second-order valence-corrected chi connectivity index (χ2v) is 4.40. The predicted octanol–water partition coefficient (Wildman–Crippen LogP) is 2.40. The molecule has 0 aliphatic rings. The van der Waals surface area contributed by atoms with Gasteiger partial charge >= 0.3 is 12.0 Å². The fourth-order valence-electron chi connectivity index (χ4n) is 1.62. The molecule has 0 radical (unpaired) electrons. The third-order valence-corrected chi connectivity index (χ3v) is 2.78. The van der Waals surface area contributed by atoms with E-state index in [1.807, 2.05) is 6.07 Å². The lowest BCUT2D eigenvalue weighted by molar-refractivity contribution is -0.147. The Labute approximate surface area is 106 Å². The average Bonchev–Trinajstić information content (AvgIpc) is 2.30. The van der Waals surface area contributed by atoms with Gasteiger partial charge in [0, 0.05) is 12.2 Å². The summed E-state index contributed by atoms with van der Waals surface area (Å²) < 4.78 is 0.